The normalized spacial score (nSPS) is 11.7. The highest BCUT2D eigenvalue weighted by atomic mass is 35.5. The molecule has 0 aliphatic heterocycles. The fourth-order valence-corrected chi connectivity index (χ4v) is 4.18. The van der Waals surface area contributed by atoms with Crippen LogP contribution in [-0.4, -0.2) is 28.1 Å². The average molecular weight is 471 g/mol. The first kappa shape index (κ1) is 23.9. The Morgan fingerprint density at radius 1 is 1.03 bits per heavy atom. The number of benzene rings is 2. The smallest absolute Gasteiger partial charge is 0.249 e. The second-order valence-electron chi connectivity index (χ2n) is 7.53. The molecule has 0 bridgehead atoms. The maximum atomic E-state index is 13.0. The number of rotatable bonds is 11. The van der Waals surface area contributed by atoms with Gasteiger partial charge in [0.25, 0.3) is 0 Å². The molecule has 6 nitrogen and oxygen atoms in total. The Morgan fingerprint density at radius 3 is 2.59 bits per heavy atom. The summed E-state index contributed by atoms with van der Waals surface area (Å²) in [6.07, 6.45) is 4.85. The van der Waals surface area contributed by atoms with E-state index in [2.05, 4.69) is 27.8 Å². The van der Waals surface area contributed by atoms with E-state index in [1.807, 2.05) is 42.5 Å². The predicted molar refractivity (Wildman–Crippen MR) is 130 cm³/mol. The minimum absolute atomic E-state index is 0.117. The monoisotopic (exact) mass is 470 g/mol. The molecule has 0 aliphatic rings. The molecule has 0 saturated heterocycles. The second-order valence-corrected chi connectivity index (χ2v) is 8.95. The number of unbranched alkanes of at least 4 members (excludes halogenated alkanes) is 3. The van der Waals surface area contributed by atoms with Crippen LogP contribution in [0.5, 0.6) is 0 Å². The zero-order chi connectivity index (χ0) is 22.8. The van der Waals surface area contributed by atoms with Crippen LogP contribution in [0, 0.1) is 0 Å². The van der Waals surface area contributed by atoms with E-state index >= 15 is 0 Å². The summed E-state index contributed by atoms with van der Waals surface area (Å²) < 4.78 is 0. The van der Waals surface area contributed by atoms with Crippen molar-refractivity contribution in [3.63, 3.8) is 0 Å². The van der Waals surface area contributed by atoms with Gasteiger partial charge in [-0.2, -0.15) is 0 Å². The lowest BCUT2D eigenvalue weighted by Gasteiger charge is -2.18. The van der Waals surface area contributed by atoms with E-state index in [-0.39, 0.29) is 11.8 Å². The SMILES string of the molecule is CCCCCCC(=O)N[C@@H](Cc1ccccc1)C(=O)Nc1nnc(-c2cccc(Cl)c2)s1. The van der Waals surface area contributed by atoms with Crippen molar-refractivity contribution in [2.24, 2.45) is 0 Å². The van der Waals surface area contributed by atoms with Crippen molar-refractivity contribution < 1.29 is 9.59 Å². The van der Waals surface area contributed by atoms with Crippen molar-refractivity contribution in [3.8, 4) is 10.6 Å². The maximum absolute atomic E-state index is 13.0. The van der Waals surface area contributed by atoms with Gasteiger partial charge in [0, 0.05) is 23.4 Å². The molecule has 1 aromatic heterocycles. The van der Waals surface area contributed by atoms with Crippen LogP contribution in [0.15, 0.2) is 54.6 Å². The van der Waals surface area contributed by atoms with Crippen LogP contribution in [0.25, 0.3) is 10.6 Å². The minimum atomic E-state index is -0.699. The van der Waals surface area contributed by atoms with Crippen molar-refractivity contribution >= 4 is 39.9 Å². The van der Waals surface area contributed by atoms with Gasteiger partial charge in [0.2, 0.25) is 16.9 Å². The van der Waals surface area contributed by atoms with Crippen LogP contribution in [-0.2, 0) is 16.0 Å². The van der Waals surface area contributed by atoms with Gasteiger partial charge in [-0.05, 0) is 24.1 Å². The zero-order valence-corrected chi connectivity index (χ0v) is 19.6. The molecule has 1 atom stereocenters. The molecular formula is C24H27ClN4O2S. The number of hydrogen-bond donors (Lipinski definition) is 2. The van der Waals surface area contributed by atoms with Crippen molar-refractivity contribution in [2.75, 3.05) is 5.32 Å². The molecular weight excluding hydrogens is 444 g/mol. The first-order valence-corrected chi connectivity index (χ1v) is 12.0. The lowest BCUT2D eigenvalue weighted by Crippen LogP contribution is -2.45. The molecule has 0 aliphatic carbocycles. The highest BCUT2D eigenvalue weighted by Gasteiger charge is 2.22. The van der Waals surface area contributed by atoms with E-state index in [1.165, 1.54) is 11.3 Å². The van der Waals surface area contributed by atoms with Crippen molar-refractivity contribution in [2.45, 2.75) is 51.5 Å². The Bertz CT molecular complexity index is 1030. The van der Waals surface area contributed by atoms with E-state index in [4.69, 9.17) is 11.6 Å². The van der Waals surface area contributed by atoms with Crippen LogP contribution >= 0.6 is 22.9 Å². The van der Waals surface area contributed by atoms with Crippen LogP contribution < -0.4 is 10.6 Å². The summed E-state index contributed by atoms with van der Waals surface area (Å²) in [7, 11) is 0. The van der Waals surface area contributed by atoms with Crippen LogP contribution in [0.3, 0.4) is 0 Å². The molecule has 168 valence electrons. The van der Waals surface area contributed by atoms with E-state index in [0.29, 0.717) is 28.0 Å². The van der Waals surface area contributed by atoms with Gasteiger partial charge in [0.1, 0.15) is 11.0 Å². The van der Waals surface area contributed by atoms with Gasteiger partial charge in [-0.3, -0.25) is 14.9 Å². The third-order valence-corrected chi connectivity index (χ3v) is 6.04. The quantitative estimate of drug-likeness (QED) is 0.362. The van der Waals surface area contributed by atoms with Crippen molar-refractivity contribution in [1.82, 2.24) is 15.5 Å². The molecule has 1 heterocycles. The molecule has 8 heteroatoms. The Hall–Kier alpha value is -2.77. The average Bonchev–Trinajstić information content (AvgIpc) is 3.25. The Morgan fingerprint density at radius 2 is 1.84 bits per heavy atom. The highest BCUT2D eigenvalue weighted by molar-refractivity contribution is 7.18. The number of aromatic nitrogens is 2. The van der Waals surface area contributed by atoms with Crippen LogP contribution in [0.1, 0.15) is 44.6 Å². The van der Waals surface area contributed by atoms with E-state index in [1.54, 1.807) is 12.1 Å². The van der Waals surface area contributed by atoms with Gasteiger partial charge < -0.3 is 5.32 Å². The molecule has 2 amide bonds. The molecule has 0 unspecified atom stereocenters. The largest absolute Gasteiger partial charge is 0.344 e. The number of nitrogens with one attached hydrogen (secondary N) is 2. The second kappa shape index (κ2) is 12.3. The fraction of sp³-hybridized carbons (Fsp3) is 0.333. The topological polar surface area (TPSA) is 84.0 Å². The summed E-state index contributed by atoms with van der Waals surface area (Å²) in [5.41, 5.74) is 1.80. The summed E-state index contributed by atoms with van der Waals surface area (Å²) in [5, 5.41) is 15.6. The fourth-order valence-electron chi connectivity index (χ4n) is 3.24. The lowest BCUT2D eigenvalue weighted by atomic mass is 10.0. The number of carbonyl (C=O) groups excluding carboxylic acids is 2. The minimum Gasteiger partial charge on any atom is -0.344 e. The molecule has 0 radical (unpaired) electrons. The first-order valence-electron chi connectivity index (χ1n) is 10.8. The van der Waals surface area contributed by atoms with Crippen molar-refractivity contribution in [3.05, 3.63) is 65.2 Å². The van der Waals surface area contributed by atoms with Gasteiger partial charge in [-0.25, -0.2) is 0 Å². The third-order valence-electron chi connectivity index (χ3n) is 4.92. The summed E-state index contributed by atoms with van der Waals surface area (Å²) in [6.45, 7) is 2.13. The molecule has 0 saturated carbocycles. The molecule has 3 rings (SSSR count). The van der Waals surface area contributed by atoms with Crippen LogP contribution in [0.4, 0.5) is 5.13 Å². The number of anilines is 1. The summed E-state index contributed by atoms with van der Waals surface area (Å²) in [6, 6.07) is 16.2. The third kappa shape index (κ3) is 7.43. The Labute approximate surface area is 197 Å². The molecule has 0 spiro atoms. The number of nitrogens with zero attached hydrogens (tertiary/aromatic N) is 2. The summed E-state index contributed by atoms with van der Waals surface area (Å²) >= 11 is 7.31. The van der Waals surface area contributed by atoms with E-state index in [9.17, 15) is 9.59 Å². The molecule has 3 aromatic rings. The number of halogens is 1. The van der Waals surface area contributed by atoms with E-state index < -0.39 is 6.04 Å². The Kier molecular flexibility index (Phi) is 9.19. The number of hydrogen-bond acceptors (Lipinski definition) is 5. The van der Waals surface area contributed by atoms with Gasteiger partial charge >= 0.3 is 0 Å². The summed E-state index contributed by atoms with van der Waals surface area (Å²) in [4.78, 5) is 25.5. The highest BCUT2D eigenvalue weighted by Crippen LogP contribution is 2.28. The van der Waals surface area contributed by atoms with Gasteiger partial charge in [0.15, 0.2) is 0 Å². The standard InChI is InChI=1S/C24H27ClN4O2S/c1-2-3-4-8-14-21(30)26-20(15-17-10-6-5-7-11-17)22(31)27-24-29-28-23(32-24)18-12-9-13-19(25)16-18/h5-7,9-13,16,20H,2-4,8,14-15H2,1H3,(H,26,30)(H,27,29,31)/t20-/m0/s1. The van der Waals surface area contributed by atoms with Gasteiger partial charge in [0.05, 0.1) is 0 Å². The lowest BCUT2D eigenvalue weighted by molar-refractivity contribution is -0.126. The predicted octanol–water partition coefficient (Wildman–Crippen LogP) is 5.49. The molecule has 2 N–H and O–H groups in total. The van der Waals surface area contributed by atoms with Gasteiger partial charge in [-0.1, -0.05) is 91.6 Å². The maximum Gasteiger partial charge on any atom is 0.249 e. The molecule has 32 heavy (non-hydrogen) atoms. The number of carbonyl (C=O) groups is 2. The zero-order valence-electron chi connectivity index (χ0n) is 18.0. The van der Waals surface area contributed by atoms with Gasteiger partial charge in [-0.15, -0.1) is 10.2 Å². The molecule has 0 fully saturated rings. The van der Waals surface area contributed by atoms with Crippen LogP contribution in [0.2, 0.25) is 5.02 Å². The summed E-state index contributed by atoms with van der Waals surface area (Å²) in [5.74, 6) is -0.432. The van der Waals surface area contributed by atoms with E-state index in [0.717, 1.165) is 36.8 Å². The first-order chi connectivity index (χ1) is 15.5. The van der Waals surface area contributed by atoms with Crippen molar-refractivity contribution in [1.29, 1.82) is 0 Å². The number of amides is 2. The Balaban J connectivity index is 1.67. The molecule has 2 aromatic carbocycles.